The largest absolute Gasteiger partial charge is 0.483 e. The minimum absolute atomic E-state index is 0.104. The summed E-state index contributed by atoms with van der Waals surface area (Å²) in [6, 6.07) is 18.0. The van der Waals surface area contributed by atoms with Crippen molar-refractivity contribution >= 4 is 35.1 Å². The van der Waals surface area contributed by atoms with Crippen LogP contribution in [0.15, 0.2) is 59.7 Å². The molecule has 29 heavy (non-hydrogen) atoms. The molecule has 0 fully saturated rings. The van der Waals surface area contributed by atoms with Gasteiger partial charge in [0.2, 0.25) is 0 Å². The maximum Gasteiger partial charge on any atom is 0.277 e. The van der Waals surface area contributed by atoms with Gasteiger partial charge >= 0.3 is 0 Å². The number of carbonyl (C=O) groups is 1. The number of benzene rings is 2. The number of rotatable bonds is 7. The van der Waals surface area contributed by atoms with Crippen LogP contribution in [-0.4, -0.2) is 18.7 Å². The van der Waals surface area contributed by atoms with E-state index in [1.807, 2.05) is 61.5 Å². The zero-order valence-corrected chi connectivity index (χ0v) is 18.2. The quantitative estimate of drug-likeness (QED) is 0.370. The molecule has 150 valence electrons. The number of thiophene rings is 1. The maximum atomic E-state index is 12.1. The molecule has 1 aromatic heterocycles. The van der Waals surface area contributed by atoms with Crippen LogP contribution in [0.1, 0.15) is 36.5 Å². The first-order chi connectivity index (χ1) is 13.9. The van der Waals surface area contributed by atoms with E-state index >= 15 is 0 Å². The molecule has 1 N–H and O–H groups in total. The average Bonchev–Trinajstić information content (AvgIpc) is 3.07. The minimum atomic E-state index is -0.327. The number of nitrogens with one attached hydrogen (secondary N) is 1. The molecule has 1 heterocycles. The molecular formula is C23H23ClN2O2S. The Kier molecular flexibility index (Phi) is 7.07. The fourth-order valence-electron chi connectivity index (χ4n) is 2.81. The topological polar surface area (TPSA) is 50.7 Å². The Morgan fingerprint density at radius 2 is 1.97 bits per heavy atom. The van der Waals surface area contributed by atoms with Crippen molar-refractivity contribution in [2.45, 2.75) is 26.7 Å². The molecule has 1 amide bonds. The number of hydrogen-bond acceptors (Lipinski definition) is 4. The molecule has 6 heteroatoms. The second kappa shape index (κ2) is 9.72. The van der Waals surface area contributed by atoms with Crippen molar-refractivity contribution in [1.29, 1.82) is 0 Å². The van der Waals surface area contributed by atoms with Gasteiger partial charge in [-0.05, 0) is 41.7 Å². The molecule has 0 unspecified atom stereocenters. The van der Waals surface area contributed by atoms with Crippen molar-refractivity contribution in [2.75, 3.05) is 6.61 Å². The van der Waals surface area contributed by atoms with Crippen LogP contribution >= 0.6 is 22.9 Å². The van der Waals surface area contributed by atoms with E-state index in [0.29, 0.717) is 10.3 Å². The molecule has 0 atom stereocenters. The molecule has 0 aliphatic heterocycles. The fraction of sp³-hybridized carbons (Fsp3) is 0.217. The smallest absolute Gasteiger partial charge is 0.277 e. The van der Waals surface area contributed by atoms with Crippen molar-refractivity contribution in [2.24, 2.45) is 5.10 Å². The first-order valence-electron chi connectivity index (χ1n) is 9.34. The molecule has 2 aromatic carbocycles. The van der Waals surface area contributed by atoms with Crippen molar-refractivity contribution < 1.29 is 9.53 Å². The Bertz CT molecular complexity index is 1010. The number of hydrogen-bond donors (Lipinski definition) is 1. The number of hydrazone groups is 1. The molecule has 0 aliphatic carbocycles. The van der Waals surface area contributed by atoms with E-state index in [1.165, 1.54) is 11.3 Å². The standard InChI is InChI=1S/C23H23ClN2O2S/c1-15(2)19-10-9-16(3)11-20(19)28-14-22(27)26-25-13-18-12-21(29-23(18)24)17-7-5-4-6-8-17/h4-13,15H,14H2,1-3H3,(H,26,27). The first kappa shape index (κ1) is 21.1. The Labute approximate surface area is 180 Å². The second-order valence-corrected chi connectivity index (χ2v) is 8.64. The summed E-state index contributed by atoms with van der Waals surface area (Å²) in [5.41, 5.74) is 6.51. The van der Waals surface area contributed by atoms with Gasteiger partial charge in [0.05, 0.1) is 6.21 Å². The summed E-state index contributed by atoms with van der Waals surface area (Å²) in [5.74, 6) is 0.714. The predicted molar refractivity (Wildman–Crippen MR) is 121 cm³/mol. The van der Waals surface area contributed by atoms with Crippen LogP contribution in [0, 0.1) is 6.92 Å². The molecule has 0 aliphatic rings. The summed E-state index contributed by atoms with van der Waals surface area (Å²) < 4.78 is 6.34. The number of nitrogens with zero attached hydrogens (tertiary/aromatic N) is 1. The lowest BCUT2D eigenvalue weighted by atomic mass is 10.0. The summed E-state index contributed by atoms with van der Waals surface area (Å²) >= 11 is 7.78. The zero-order valence-electron chi connectivity index (χ0n) is 16.6. The molecule has 3 aromatic rings. The summed E-state index contributed by atoms with van der Waals surface area (Å²) in [7, 11) is 0. The van der Waals surface area contributed by atoms with Gasteiger partial charge in [-0.2, -0.15) is 5.10 Å². The lowest BCUT2D eigenvalue weighted by Gasteiger charge is -2.14. The van der Waals surface area contributed by atoms with E-state index in [-0.39, 0.29) is 12.5 Å². The zero-order chi connectivity index (χ0) is 20.8. The monoisotopic (exact) mass is 426 g/mol. The molecule has 4 nitrogen and oxygen atoms in total. The molecule has 0 saturated heterocycles. The van der Waals surface area contributed by atoms with Gasteiger partial charge in [-0.3, -0.25) is 4.79 Å². The van der Waals surface area contributed by atoms with Gasteiger partial charge in [-0.1, -0.05) is 67.9 Å². The number of aryl methyl sites for hydroxylation is 1. The molecule has 0 spiro atoms. The summed E-state index contributed by atoms with van der Waals surface area (Å²) in [6.07, 6.45) is 1.55. The second-order valence-electron chi connectivity index (χ2n) is 6.98. The highest BCUT2D eigenvalue weighted by molar-refractivity contribution is 7.19. The predicted octanol–water partition coefficient (Wildman–Crippen LogP) is 6.03. The fourth-order valence-corrected chi connectivity index (χ4v) is 4.02. The number of halogens is 1. The van der Waals surface area contributed by atoms with Gasteiger partial charge in [0, 0.05) is 10.4 Å². The van der Waals surface area contributed by atoms with Crippen molar-refractivity contribution in [3.05, 3.63) is 75.6 Å². The first-order valence-corrected chi connectivity index (χ1v) is 10.5. The van der Waals surface area contributed by atoms with Gasteiger partial charge in [0.15, 0.2) is 6.61 Å². The Morgan fingerprint density at radius 1 is 1.21 bits per heavy atom. The lowest BCUT2D eigenvalue weighted by Crippen LogP contribution is -2.25. The molecule has 0 radical (unpaired) electrons. The number of amides is 1. The summed E-state index contributed by atoms with van der Waals surface area (Å²) in [4.78, 5) is 13.2. The molecule has 0 bridgehead atoms. The van der Waals surface area contributed by atoms with Gasteiger partial charge < -0.3 is 4.74 Å². The van der Waals surface area contributed by atoms with Crippen LogP contribution in [0.4, 0.5) is 0 Å². The van der Waals surface area contributed by atoms with E-state index in [2.05, 4.69) is 24.4 Å². The third-order valence-electron chi connectivity index (χ3n) is 4.31. The van der Waals surface area contributed by atoms with Gasteiger partial charge in [-0.25, -0.2) is 5.43 Å². The third-order valence-corrected chi connectivity index (χ3v) is 5.75. The maximum absolute atomic E-state index is 12.1. The van der Waals surface area contributed by atoms with Crippen LogP contribution < -0.4 is 10.2 Å². The summed E-state index contributed by atoms with van der Waals surface area (Å²) in [5, 5.41) is 4.01. The van der Waals surface area contributed by atoms with E-state index in [9.17, 15) is 4.79 Å². The Morgan fingerprint density at radius 3 is 2.69 bits per heavy atom. The minimum Gasteiger partial charge on any atom is -0.483 e. The van der Waals surface area contributed by atoms with Crippen molar-refractivity contribution in [3.8, 4) is 16.2 Å². The highest BCUT2D eigenvalue weighted by Gasteiger charge is 2.10. The van der Waals surface area contributed by atoms with Gasteiger partial charge in [0.25, 0.3) is 5.91 Å². The number of carbonyl (C=O) groups excluding carboxylic acids is 1. The Hall–Kier alpha value is -2.63. The highest BCUT2D eigenvalue weighted by Crippen LogP contribution is 2.34. The lowest BCUT2D eigenvalue weighted by molar-refractivity contribution is -0.123. The summed E-state index contributed by atoms with van der Waals surface area (Å²) in [6.45, 7) is 6.08. The van der Waals surface area contributed by atoms with Crippen LogP contribution in [0.2, 0.25) is 4.34 Å². The van der Waals surface area contributed by atoms with Crippen molar-refractivity contribution in [1.82, 2.24) is 5.43 Å². The van der Waals surface area contributed by atoms with Crippen LogP contribution in [0.5, 0.6) is 5.75 Å². The molecular weight excluding hydrogens is 404 g/mol. The molecule has 3 rings (SSSR count). The SMILES string of the molecule is Cc1ccc(C(C)C)c(OCC(=O)NN=Cc2cc(-c3ccccc3)sc2Cl)c1. The van der Waals surface area contributed by atoms with Crippen LogP contribution in [-0.2, 0) is 4.79 Å². The van der Waals surface area contributed by atoms with Crippen molar-refractivity contribution in [3.63, 3.8) is 0 Å². The van der Waals surface area contributed by atoms with Gasteiger partial charge in [-0.15, -0.1) is 11.3 Å². The van der Waals surface area contributed by atoms with E-state index in [1.54, 1.807) is 6.21 Å². The third kappa shape index (κ3) is 5.68. The highest BCUT2D eigenvalue weighted by atomic mass is 35.5. The van der Waals surface area contributed by atoms with Gasteiger partial charge in [0.1, 0.15) is 10.1 Å². The van der Waals surface area contributed by atoms with E-state index in [0.717, 1.165) is 32.9 Å². The Balaban J connectivity index is 1.58. The van der Waals surface area contributed by atoms with Crippen LogP contribution in [0.25, 0.3) is 10.4 Å². The normalized spacial score (nSPS) is 11.2. The van der Waals surface area contributed by atoms with Crippen LogP contribution in [0.3, 0.4) is 0 Å². The number of ether oxygens (including phenoxy) is 1. The van der Waals surface area contributed by atoms with E-state index in [4.69, 9.17) is 16.3 Å². The van der Waals surface area contributed by atoms with E-state index < -0.39 is 0 Å². The average molecular weight is 427 g/mol. The molecule has 0 saturated carbocycles.